The second-order valence-corrected chi connectivity index (χ2v) is 3.67. The van der Waals surface area contributed by atoms with Crippen molar-refractivity contribution in [3.63, 3.8) is 0 Å². The molecule has 0 saturated heterocycles. The summed E-state index contributed by atoms with van der Waals surface area (Å²) in [5.74, 6) is 0.438. The molecule has 0 aliphatic heterocycles. The van der Waals surface area contributed by atoms with Gasteiger partial charge >= 0.3 is 0 Å². The number of hydrogen-bond acceptors (Lipinski definition) is 1. The van der Waals surface area contributed by atoms with Crippen LogP contribution in [0.25, 0.3) is 0 Å². The van der Waals surface area contributed by atoms with Gasteiger partial charge in [-0.1, -0.05) is 24.3 Å². The summed E-state index contributed by atoms with van der Waals surface area (Å²) >= 11 is 0. The number of benzene rings is 2. The van der Waals surface area contributed by atoms with Crippen LogP contribution in [0.15, 0.2) is 48.5 Å². The molecule has 0 fully saturated rings. The average molecular weight is 216 g/mol. The summed E-state index contributed by atoms with van der Waals surface area (Å²) in [7, 11) is 0. The van der Waals surface area contributed by atoms with Crippen molar-refractivity contribution in [2.75, 3.05) is 0 Å². The van der Waals surface area contributed by atoms with Crippen molar-refractivity contribution >= 4 is 0 Å². The average Bonchev–Trinajstić information content (AvgIpc) is 2.30. The molecule has 0 atom stereocenters. The predicted octanol–water partition coefficient (Wildman–Crippen LogP) is 3.71. The van der Waals surface area contributed by atoms with Crippen LogP contribution < -0.4 is 4.74 Å². The van der Waals surface area contributed by atoms with E-state index in [1.807, 2.05) is 31.2 Å². The Morgan fingerprint density at radius 2 is 1.69 bits per heavy atom. The molecule has 2 rings (SSSR count). The van der Waals surface area contributed by atoms with E-state index in [0.29, 0.717) is 12.4 Å². The lowest BCUT2D eigenvalue weighted by molar-refractivity contribution is 0.305. The van der Waals surface area contributed by atoms with Crippen LogP contribution in [-0.4, -0.2) is 0 Å². The van der Waals surface area contributed by atoms with Gasteiger partial charge in [-0.3, -0.25) is 0 Å². The zero-order valence-electron chi connectivity index (χ0n) is 9.11. The van der Waals surface area contributed by atoms with Gasteiger partial charge in [0.1, 0.15) is 18.2 Å². The van der Waals surface area contributed by atoms with Crippen LogP contribution in [0.2, 0.25) is 0 Å². The molecule has 0 N–H and O–H groups in total. The van der Waals surface area contributed by atoms with Gasteiger partial charge in [0.05, 0.1) is 0 Å². The molecule has 82 valence electrons. The lowest BCUT2D eigenvalue weighted by Gasteiger charge is -2.08. The second-order valence-electron chi connectivity index (χ2n) is 3.67. The van der Waals surface area contributed by atoms with Crippen molar-refractivity contribution in [3.8, 4) is 5.75 Å². The summed E-state index contributed by atoms with van der Waals surface area (Å²) < 4.78 is 18.2. The van der Waals surface area contributed by atoms with Crippen LogP contribution in [-0.2, 0) is 6.61 Å². The van der Waals surface area contributed by atoms with Crippen molar-refractivity contribution in [2.24, 2.45) is 0 Å². The van der Waals surface area contributed by atoms with E-state index in [1.165, 1.54) is 17.7 Å². The molecule has 0 radical (unpaired) electrons. The third-order valence-corrected chi connectivity index (χ3v) is 2.47. The lowest BCUT2D eigenvalue weighted by Crippen LogP contribution is -1.97. The maximum Gasteiger partial charge on any atom is 0.123 e. The highest BCUT2D eigenvalue weighted by atomic mass is 19.1. The van der Waals surface area contributed by atoms with Gasteiger partial charge in [0, 0.05) is 0 Å². The van der Waals surface area contributed by atoms with Crippen LogP contribution in [0.1, 0.15) is 11.1 Å². The van der Waals surface area contributed by atoms with E-state index in [9.17, 15) is 4.39 Å². The van der Waals surface area contributed by atoms with Crippen molar-refractivity contribution in [3.05, 3.63) is 65.5 Å². The molecule has 1 nitrogen and oxygen atoms in total. The maximum absolute atomic E-state index is 12.7. The highest BCUT2D eigenvalue weighted by Crippen LogP contribution is 2.15. The molecule has 0 aromatic heterocycles. The van der Waals surface area contributed by atoms with E-state index in [4.69, 9.17) is 4.74 Å². The number of halogens is 1. The molecule has 0 aliphatic carbocycles. The largest absolute Gasteiger partial charge is 0.489 e. The van der Waals surface area contributed by atoms with E-state index < -0.39 is 0 Å². The zero-order chi connectivity index (χ0) is 11.4. The monoisotopic (exact) mass is 216 g/mol. The fraction of sp³-hybridized carbons (Fsp3) is 0.143. The molecular formula is C14H13FO. The normalized spacial score (nSPS) is 10.1. The molecule has 0 heterocycles. The van der Waals surface area contributed by atoms with E-state index in [-0.39, 0.29) is 5.82 Å². The van der Waals surface area contributed by atoms with Gasteiger partial charge in [-0.25, -0.2) is 4.39 Å². The van der Waals surface area contributed by atoms with Crippen molar-refractivity contribution < 1.29 is 9.13 Å². The molecule has 0 saturated carbocycles. The van der Waals surface area contributed by atoms with Crippen molar-refractivity contribution in [1.29, 1.82) is 0 Å². The van der Waals surface area contributed by atoms with Crippen LogP contribution in [0.3, 0.4) is 0 Å². The first-order valence-electron chi connectivity index (χ1n) is 5.18. The molecule has 2 aromatic carbocycles. The predicted molar refractivity (Wildman–Crippen MR) is 61.9 cm³/mol. The number of ether oxygens (including phenoxy) is 1. The topological polar surface area (TPSA) is 9.23 Å². The fourth-order valence-corrected chi connectivity index (χ4v) is 1.46. The summed E-state index contributed by atoms with van der Waals surface area (Å²) in [5.41, 5.74) is 2.34. The summed E-state index contributed by atoms with van der Waals surface area (Å²) in [5, 5.41) is 0. The van der Waals surface area contributed by atoms with E-state index in [2.05, 4.69) is 0 Å². The Kier molecular flexibility index (Phi) is 3.20. The molecule has 0 unspecified atom stereocenters. The van der Waals surface area contributed by atoms with Crippen LogP contribution in [0, 0.1) is 12.7 Å². The van der Waals surface area contributed by atoms with Crippen LogP contribution in [0.5, 0.6) is 5.75 Å². The standard InChI is InChI=1S/C14H13FO/c1-11-4-2-3-5-12(11)10-16-14-8-6-13(15)7-9-14/h2-9H,10H2,1H3. The van der Waals surface area contributed by atoms with Crippen molar-refractivity contribution in [1.82, 2.24) is 0 Å². The molecule has 2 heteroatoms. The first-order valence-corrected chi connectivity index (χ1v) is 5.18. The summed E-state index contributed by atoms with van der Waals surface area (Å²) in [4.78, 5) is 0. The molecule has 16 heavy (non-hydrogen) atoms. The number of rotatable bonds is 3. The summed E-state index contributed by atoms with van der Waals surface area (Å²) in [6, 6.07) is 14.1. The van der Waals surface area contributed by atoms with Crippen LogP contribution in [0.4, 0.5) is 4.39 Å². The summed E-state index contributed by atoms with van der Waals surface area (Å²) in [6.45, 7) is 2.56. The SMILES string of the molecule is Cc1ccccc1COc1ccc(F)cc1. The minimum atomic E-state index is -0.247. The van der Waals surface area contributed by atoms with Gasteiger partial charge < -0.3 is 4.74 Å². The van der Waals surface area contributed by atoms with E-state index >= 15 is 0 Å². The van der Waals surface area contributed by atoms with E-state index in [0.717, 1.165) is 5.56 Å². The fourth-order valence-electron chi connectivity index (χ4n) is 1.46. The van der Waals surface area contributed by atoms with Gasteiger partial charge in [0.2, 0.25) is 0 Å². The minimum absolute atomic E-state index is 0.247. The quantitative estimate of drug-likeness (QED) is 0.759. The Morgan fingerprint density at radius 1 is 1.00 bits per heavy atom. The maximum atomic E-state index is 12.7. The minimum Gasteiger partial charge on any atom is -0.489 e. The number of hydrogen-bond donors (Lipinski definition) is 0. The molecule has 2 aromatic rings. The van der Waals surface area contributed by atoms with Gasteiger partial charge in [-0.15, -0.1) is 0 Å². The molecule has 0 aliphatic rings. The van der Waals surface area contributed by atoms with Crippen LogP contribution >= 0.6 is 0 Å². The summed E-state index contributed by atoms with van der Waals surface area (Å²) in [6.07, 6.45) is 0. The Hall–Kier alpha value is -1.83. The van der Waals surface area contributed by atoms with Gasteiger partial charge in [-0.05, 0) is 42.3 Å². The highest BCUT2D eigenvalue weighted by Gasteiger charge is 1.98. The third-order valence-electron chi connectivity index (χ3n) is 2.47. The molecule has 0 spiro atoms. The third kappa shape index (κ3) is 2.60. The smallest absolute Gasteiger partial charge is 0.123 e. The molecule has 0 bridgehead atoms. The second kappa shape index (κ2) is 4.79. The first kappa shape index (κ1) is 10.7. The lowest BCUT2D eigenvalue weighted by atomic mass is 10.1. The van der Waals surface area contributed by atoms with Gasteiger partial charge in [0.15, 0.2) is 0 Å². The Bertz CT molecular complexity index is 462. The van der Waals surface area contributed by atoms with Gasteiger partial charge in [-0.2, -0.15) is 0 Å². The Morgan fingerprint density at radius 3 is 2.38 bits per heavy atom. The first-order chi connectivity index (χ1) is 7.75. The zero-order valence-corrected chi connectivity index (χ0v) is 9.11. The highest BCUT2D eigenvalue weighted by molar-refractivity contribution is 5.27. The van der Waals surface area contributed by atoms with E-state index in [1.54, 1.807) is 12.1 Å². The Labute approximate surface area is 94.5 Å². The van der Waals surface area contributed by atoms with Gasteiger partial charge in [0.25, 0.3) is 0 Å². The molecular weight excluding hydrogens is 203 g/mol. The Balaban J connectivity index is 2.02. The molecule has 0 amide bonds. The van der Waals surface area contributed by atoms with Crippen molar-refractivity contribution in [2.45, 2.75) is 13.5 Å². The number of aryl methyl sites for hydroxylation is 1.